The van der Waals surface area contributed by atoms with Crippen molar-refractivity contribution in [1.29, 1.82) is 0 Å². The number of halogens is 1. The third-order valence-corrected chi connectivity index (χ3v) is 2.57. The summed E-state index contributed by atoms with van der Waals surface area (Å²) < 4.78 is 18.5. The van der Waals surface area contributed by atoms with E-state index in [9.17, 15) is 9.18 Å². The molecule has 0 bridgehead atoms. The predicted octanol–water partition coefficient (Wildman–Crippen LogP) is 2.27. The van der Waals surface area contributed by atoms with Crippen molar-refractivity contribution >= 4 is 11.6 Å². The summed E-state index contributed by atoms with van der Waals surface area (Å²) in [5.74, 6) is -1.01. The van der Waals surface area contributed by atoms with Crippen LogP contribution in [-0.4, -0.2) is 17.9 Å². The monoisotopic (exact) mass is 248 g/mol. The van der Waals surface area contributed by atoms with Crippen LogP contribution in [0, 0.1) is 5.82 Å². The largest absolute Gasteiger partial charge is 0.472 e. The van der Waals surface area contributed by atoms with Gasteiger partial charge in [-0.05, 0) is 24.3 Å². The van der Waals surface area contributed by atoms with Gasteiger partial charge in [0.25, 0.3) is 5.91 Å². The molecule has 0 saturated carbocycles. The quantitative estimate of drug-likeness (QED) is 0.848. The number of hydrogen-bond donors (Lipinski definition) is 1. The summed E-state index contributed by atoms with van der Waals surface area (Å²) >= 11 is 0. The van der Waals surface area contributed by atoms with Crippen molar-refractivity contribution < 1.29 is 13.6 Å². The molecule has 2 N–H and O–H groups in total. The highest BCUT2D eigenvalue weighted by Crippen LogP contribution is 2.15. The Morgan fingerprint density at radius 1 is 1.44 bits per heavy atom. The van der Waals surface area contributed by atoms with Crippen LogP contribution in [-0.2, 0) is 6.54 Å². The van der Waals surface area contributed by atoms with E-state index >= 15 is 0 Å². The summed E-state index contributed by atoms with van der Waals surface area (Å²) in [5.41, 5.74) is 6.59. The van der Waals surface area contributed by atoms with Crippen molar-refractivity contribution in [1.82, 2.24) is 4.90 Å². The fourth-order valence-electron chi connectivity index (χ4n) is 1.64. The van der Waals surface area contributed by atoms with Crippen molar-refractivity contribution in [2.75, 3.05) is 12.8 Å². The molecule has 0 aliphatic carbocycles. The first-order valence-electron chi connectivity index (χ1n) is 5.39. The van der Waals surface area contributed by atoms with Crippen LogP contribution in [0.15, 0.2) is 41.2 Å². The number of nitrogen functional groups attached to an aromatic ring is 1. The summed E-state index contributed by atoms with van der Waals surface area (Å²) in [6.45, 7) is 0.360. The van der Waals surface area contributed by atoms with Gasteiger partial charge in [0.2, 0.25) is 0 Å². The van der Waals surface area contributed by atoms with Gasteiger partial charge in [-0.15, -0.1) is 0 Å². The molecule has 2 aromatic rings. The van der Waals surface area contributed by atoms with Crippen molar-refractivity contribution in [2.24, 2.45) is 0 Å². The normalized spacial score (nSPS) is 10.3. The van der Waals surface area contributed by atoms with Crippen LogP contribution < -0.4 is 5.73 Å². The number of nitrogens with zero attached hydrogens (tertiary/aromatic N) is 1. The minimum Gasteiger partial charge on any atom is -0.472 e. The Morgan fingerprint density at radius 3 is 2.83 bits per heavy atom. The second kappa shape index (κ2) is 4.91. The van der Waals surface area contributed by atoms with Crippen LogP contribution in [0.25, 0.3) is 0 Å². The number of benzene rings is 1. The van der Waals surface area contributed by atoms with Gasteiger partial charge in [-0.25, -0.2) is 4.39 Å². The molecule has 0 radical (unpaired) electrons. The maximum atomic E-state index is 13.6. The summed E-state index contributed by atoms with van der Waals surface area (Å²) in [6, 6.07) is 5.78. The molecule has 18 heavy (non-hydrogen) atoms. The average Bonchev–Trinajstić information content (AvgIpc) is 2.81. The first-order chi connectivity index (χ1) is 8.58. The molecule has 0 unspecified atom stereocenters. The average molecular weight is 248 g/mol. The predicted molar refractivity (Wildman–Crippen MR) is 65.3 cm³/mol. The van der Waals surface area contributed by atoms with Crippen LogP contribution >= 0.6 is 0 Å². The molecule has 1 aromatic carbocycles. The molecule has 1 heterocycles. The number of carbonyl (C=O) groups excluding carboxylic acids is 1. The third-order valence-electron chi connectivity index (χ3n) is 2.57. The molecular formula is C13H13FN2O2. The Hall–Kier alpha value is -2.30. The number of hydrogen-bond acceptors (Lipinski definition) is 3. The molecule has 0 fully saturated rings. The van der Waals surface area contributed by atoms with Crippen molar-refractivity contribution in [3.8, 4) is 0 Å². The summed E-state index contributed by atoms with van der Waals surface area (Å²) in [4.78, 5) is 13.4. The van der Waals surface area contributed by atoms with E-state index in [0.29, 0.717) is 12.2 Å². The lowest BCUT2D eigenvalue weighted by molar-refractivity contribution is 0.0780. The SMILES string of the molecule is CN(Cc1ccoc1)C(=O)c1ccc(N)cc1F. The molecule has 94 valence electrons. The van der Waals surface area contributed by atoms with E-state index in [4.69, 9.17) is 10.2 Å². The number of furan rings is 1. The van der Waals surface area contributed by atoms with Crippen LogP contribution in [0.4, 0.5) is 10.1 Å². The molecule has 1 aromatic heterocycles. The first kappa shape index (κ1) is 12.2. The molecule has 0 saturated heterocycles. The van der Waals surface area contributed by atoms with Gasteiger partial charge >= 0.3 is 0 Å². The van der Waals surface area contributed by atoms with E-state index in [1.54, 1.807) is 19.4 Å². The molecule has 5 heteroatoms. The standard InChI is InChI=1S/C13H13FN2O2/c1-16(7-9-4-5-18-8-9)13(17)11-3-2-10(15)6-12(11)14/h2-6,8H,7,15H2,1H3. The first-order valence-corrected chi connectivity index (χ1v) is 5.39. The van der Waals surface area contributed by atoms with Crippen molar-refractivity contribution in [3.63, 3.8) is 0 Å². The fraction of sp³-hybridized carbons (Fsp3) is 0.154. The van der Waals surface area contributed by atoms with Gasteiger partial charge in [0.15, 0.2) is 0 Å². The van der Waals surface area contributed by atoms with Crippen LogP contribution in [0.5, 0.6) is 0 Å². The highest BCUT2D eigenvalue weighted by molar-refractivity contribution is 5.94. The van der Waals surface area contributed by atoms with E-state index in [-0.39, 0.29) is 5.56 Å². The molecular weight excluding hydrogens is 235 g/mol. The van der Waals surface area contributed by atoms with E-state index in [1.165, 1.54) is 23.3 Å². The van der Waals surface area contributed by atoms with E-state index in [2.05, 4.69) is 0 Å². The maximum absolute atomic E-state index is 13.6. The van der Waals surface area contributed by atoms with Gasteiger partial charge in [-0.1, -0.05) is 0 Å². The zero-order valence-corrected chi connectivity index (χ0v) is 9.89. The number of rotatable bonds is 3. The molecule has 0 atom stereocenters. The Morgan fingerprint density at radius 2 is 2.22 bits per heavy atom. The third kappa shape index (κ3) is 2.51. The Kier molecular flexibility index (Phi) is 3.32. The smallest absolute Gasteiger partial charge is 0.256 e. The van der Waals surface area contributed by atoms with E-state index < -0.39 is 11.7 Å². The van der Waals surface area contributed by atoms with Gasteiger partial charge in [-0.3, -0.25) is 4.79 Å². The van der Waals surface area contributed by atoms with Crippen LogP contribution in [0.2, 0.25) is 0 Å². The second-order valence-electron chi connectivity index (χ2n) is 4.03. The zero-order chi connectivity index (χ0) is 13.1. The lowest BCUT2D eigenvalue weighted by Gasteiger charge is -2.16. The Labute approximate surface area is 104 Å². The van der Waals surface area contributed by atoms with Gasteiger partial charge in [0, 0.05) is 24.8 Å². The van der Waals surface area contributed by atoms with E-state index in [0.717, 1.165) is 11.6 Å². The fourth-order valence-corrected chi connectivity index (χ4v) is 1.64. The summed E-state index contributed by atoms with van der Waals surface area (Å²) in [6.07, 6.45) is 3.07. The second-order valence-corrected chi connectivity index (χ2v) is 4.03. The number of carbonyl (C=O) groups is 1. The highest BCUT2D eigenvalue weighted by atomic mass is 19.1. The molecule has 1 amide bonds. The summed E-state index contributed by atoms with van der Waals surface area (Å²) in [7, 11) is 1.60. The lowest BCUT2D eigenvalue weighted by atomic mass is 10.1. The van der Waals surface area contributed by atoms with Gasteiger partial charge in [-0.2, -0.15) is 0 Å². The Balaban J connectivity index is 2.15. The van der Waals surface area contributed by atoms with Crippen LogP contribution in [0.3, 0.4) is 0 Å². The van der Waals surface area contributed by atoms with Crippen LogP contribution in [0.1, 0.15) is 15.9 Å². The van der Waals surface area contributed by atoms with Gasteiger partial charge < -0.3 is 15.1 Å². The number of amides is 1. The van der Waals surface area contributed by atoms with E-state index in [1.807, 2.05) is 0 Å². The minimum atomic E-state index is -0.612. The van der Waals surface area contributed by atoms with Gasteiger partial charge in [0.05, 0.1) is 18.1 Å². The highest BCUT2D eigenvalue weighted by Gasteiger charge is 2.16. The number of anilines is 1. The maximum Gasteiger partial charge on any atom is 0.256 e. The molecule has 0 aliphatic rings. The molecule has 0 spiro atoms. The molecule has 0 aliphatic heterocycles. The number of nitrogens with two attached hydrogens (primary N) is 1. The Bertz CT molecular complexity index is 552. The minimum absolute atomic E-state index is 0.00944. The lowest BCUT2D eigenvalue weighted by Crippen LogP contribution is -2.26. The summed E-state index contributed by atoms with van der Waals surface area (Å²) in [5, 5.41) is 0. The van der Waals surface area contributed by atoms with Crippen molar-refractivity contribution in [3.05, 3.63) is 53.7 Å². The van der Waals surface area contributed by atoms with Crippen molar-refractivity contribution in [2.45, 2.75) is 6.54 Å². The zero-order valence-electron chi connectivity index (χ0n) is 9.89. The molecule has 2 rings (SSSR count). The topological polar surface area (TPSA) is 59.5 Å². The molecule has 4 nitrogen and oxygen atoms in total. The van der Waals surface area contributed by atoms with Gasteiger partial charge in [0.1, 0.15) is 5.82 Å².